The van der Waals surface area contributed by atoms with Crippen molar-refractivity contribution in [2.45, 2.75) is 51.1 Å². The summed E-state index contributed by atoms with van der Waals surface area (Å²) in [5, 5.41) is 13.8. The van der Waals surface area contributed by atoms with Gasteiger partial charge in [-0.1, -0.05) is 13.0 Å². The van der Waals surface area contributed by atoms with Gasteiger partial charge in [-0.3, -0.25) is 0 Å². The second kappa shape index (κ2) is 4.71. The molecule has 1 aliphatic heterocycles. The Hall–Kier alpha value is -1.07. The molecule has 3 atom stereocenters. The molecule has 5 heteroatoms. The van der Waals surface area contributed by atoms with Crippen LogP contribution in [0.2, 0.25) is 0 Å². The van der Waals surface area contributed by atoms with Gasteiger partial charge in [0.15, 0.2) is 9.84 Å². The van der Waals surface area contributed by atoms with Gasteiger partial charge in [0.05, 0.1) is 11.5 Å². The molecule has 1 aromatic carbocycles. The van der Waals surface area contributed by atoms with Crippen molar-refractivity contribution in [3.05, 3.63) is 28.8 Å². The first-order valence-corrected chi connectivity index (χ1v) is 9.33. The molecule has 3 rings (SSSR count). The van der Waals surface area contributed by atoms with Crippen LogP contribution >= 0.6 is 0 Å². The number of aromatic hydroxyl groups is 1. The lowest BCUT2D eigenvalue weighted by Crippen LogP contribution is -2.45. The largest absolute Gasteiger partial charge is 0.508 e. The Labute approximate surface area is 126 Å². The summed E-state index contributed by atoms with van der Waals surface area (Å²) in [6.45, 7) is 6.21. The van der Waals surface area contributed by atoms with Gasteiger partial charge in [0.1, 0.15) is 5.75 Å². The van der Waals surface area contributed by atoms with Crippen LogP contribution in [0.15, 0.2) is 12.1 Å². The number of benzene rings is 1. The summed E-state index contributed by atoms with van der Waals surface area (Å²) in [6, 6.07) is 3.73. The minimum Gasteiger partial charge on any atom is -0.508 e. The van der Waals surface area contributed by atoms with Gasteiger partial charge in [-0.15, -0.1) is 0 Å². The van der Waals surface area contributed by atoms with Crippen LogP contribution < -0.4 is 5.32 Å². The quantitative estimate of drug-likeness (QED) is 0.880. The number of hydrogen-bond donors (Lipinski definition) is 2. The molecule has 0 bridgehead atoms. The highest BCUT2D eigenvalue weighted by atomic mass is 32.2. The number of fused-ring (bicyclic) bond motifs is 1. The average molecular weight is 309 g/mol. The standard InChI is InChI=1S/C16H23NO3S/c1-10-4-5-13(18)15-12(8-11(2)14(10)15)17-16(3)6-7-21(19,20)9-16/h4-5,11-12,17-18H,6-9H2,1-3H3. The zero-order chi connectivity index (χ0) is 15.4. The lowest BCUT2D eigenvalue weighted by molar-refractivity contribution is 0.331. The molecule has 0 radical (unpaired) electrons. The van der Waals surface area contributed by atoms with Crippen molar-refractivity contribution in [3.63, 3.8) is 0 Å². The molecule has 1 saturated heterocycles. The number of nitrogens with one attached hydrogen (secondary N) is 1. The molecule has 21 heavy (non-hydrogen) atoms. The number of phenols is 1. The Kier molecular flexibility index (Phi) is 3.33. The molecule has 1 heterocycles. The van der Waals surface area contributed by atoms with Gasteiger partial charge >= 0.3 is 0 Å². The van der Waals surface area contributed by atoms with E-state index in [4.69, 9.17) is 0 Å². The van der Waals surface area contributed by atoms with Crippen LogP contribution in [0.5, 0.6) is 5.75 Å². The third-order valence-corrected chi connectivity index (χ3v) is 6.84. The van der Waals surface area contributed by atoms with E-state index in [1.54, 1.807) is 6.07 Å². The number of sulfone groups is 1. The number of hydrogen-bond acceptors (Lipinski definition) is 4. The SMILES string of the molecule is Cc1ccc(O)c2c1C(C)CC2NC1(C)CCS(=O)(=O)C1. The van der Waals surface area contributed by atoms with Crippen molar-refractivity contribution in [1.82, 2.24) is 5.32 Å². The first-order chi connectivity index (χ1) is 9.71. The van der Waals surface area contributed by atoms with E-state index in [0.717, 1.165) is 12.0 Å². The van der Waals surface area contributed by atoms with Crippen LogP contribution in [0.3, 0.4) is 0 Å². The molecule has 116 valence electrons. The van der Waals surface area contributed by atoms with Gasteiger partial charge in [0.25, 0.3) is 0 Å². The second-order valence-corrected chi connectivity index (χ2v) is 9.15. The van der Waals surface area contributed by atoms with Gasteiger partial charge in [0, 0.05) is 17.1 Å². The fraction of sp³-hybridized carbons (Fsp3) is 0.625. The minimum atomic E-state index is -2.93. The molecule has 2 N–H and O–H groups in total. The Balaban J connectivity index is 1.92. The van der Waals surface area contributed by atoms with Crippen LogP contribution in [-0.4, -0.2) is 30.6 Å². The van der Waals surface area contributed by atoms with Crippen LogP contribution in [0.1, 0.15) is 55.3 Å². The van der Waals surface area contributed by atoms with Gasteiger partial charge in [-0.25, -0.2) is 8.42 Å². The number of phenolic OH excluding ortho intramolecular Hbond substituents is 1. The fourth-order valence-electron chi connectivity index (χ4n) is 4.02. The molecule has 0 amide bonds. The molecule has 0 aromatic heterocycles. The molecule has 1 fully saturated rings. The van der Waals surface area contributed by atoms with Crippen LogP contribution in [0.25, 0.3) is 0 Å². The smallest absolute Gasteiger partial charge is 0.152 e. The highest BCUT2D eigenvalue weighted by Crippen LogP contribution is 2.47. The van der Waals surface area contributed by atoms with E-state index < -0.39 is 9.84 Å². The maximum absolute atomic E-state index is 11.8. The van der Waals surface area contributed by atoms with E-state index in [9.17, 15) is 13.5 Å². The molecular weight excluding hydrogens is 286 g/mol. The van der Waals surface area contributed by atoms with E-state index >= 15 is 0 Å². The summed E-state index contributed by atoms with van der Waals surface area (Å²) in [4.78, 5) is 0. The van der Waals surface area contributed by atoms with Crippen molar-refractivity contribution < 1.29 is 13.5 Å². The Bertz CT molecular complexity index is 683. The number of rotatable bonds is 2. The van der Waals surface area contributed by atoms with Crippen LogP contribution in [0.4, 0.5) is 0 Å². The predicted octanol–water partition coefficient (Wildman–Crippen LogP) is 2.42. The van der Waals surface area contributed by atoms with E-state index in [1.807, 2.05) is 13.0 Å². The van der Waals surface area contributed by atoms with Crippen LogP contribution in [0, 0.1) is 6.92 Å². The van der Waals surface area contributed by atoms with E-state index in [-0.39, 0.29) is 23.1 Å². The summed E-state index contributed by atoms with van der Waals surface area (Å²) in [7, 11) is -2.93. The predicted molar refractivity (Wildman–Crippen MR) is 83.4 cm³/mol. The first kappa shape index (κ1) is 14.9. The summed E-state index contributed by atoms with van der Waals surface area (Å²) in [6.07, 6.45) is 1.55. The maximum Gasteiger partial charge on any atom is 0.152 e. The molecule has 1 aliphatic carbocycles. The molecular formula is C16H23NO3S. The summed E-state index contributed by atoms with van der Waals surface area (Å²) >= 11 is 0. The number of aryl methyl sites for hydroxylation is 1. The highest BCUT2D eigenvalue weighted by Gasteiger charge is 2.42. The molecule has 1 aromatic rings. The van der Waals surface area contributed by atoms with E-state index in [2.05, 4.69) is 19.2 Å². The average Bonchev–Trinajstić information content (AvgIpc) is 2.82. The van der Waals surface area contributed by atoms with Crippen molar-refractivity contribution in [3.8, 4) is 5.75 Å². The Morgan fingerprint density at radius 3 is 2.67 bits per heavy atom. The van der Waals surface area contributed by atoms with Gasteiger partial charge in [-0.2, -0.15) is 0 Å². The van der Waals surface area contributed by atoms with Gasteiger partial charge in [-0.05, 0) is 49.8 Å². The topological polar surface area (TPSA) is 66.4 Å². The third kappa shape index (κ3) is 2.57. The minimum absolute atomic E-state index is 0.0354. The second-order valence-electron chi connectivity index (χ2n) is 6.97. The lowest BCUT2D eigenvalue weighted by atomic mass is 9.96. The van der Waals surface area contributed by atoms with E-state index in [0.29, 0.717) is 18.1 Å². The molecule has 4 nitrogen and oxygen atoms in total. The summed E-state index contributed by atoms with van der Waals surface area (Å²) in [5.74, 6) is 1.14. The summed E-state index contributed by atoms with van der Waals surface area (Å²) in [5.41, 5.74) is 3.00. The maximum atomic E-state index is 11.8. The highest BCUT2D eigenvalue weighted by molar-refractivity contribution is 7.91. The van der Waals surface area contributed by atoms with Gasteiger partial charge < -0.3 is 10.4 Å². The first-order valence-electron chi connectivity index (χ1n) is 7.51. The van der Waals surface area contributed by atoms with E-state index in [1.165, 1.54) is 11.1 Å². The molecule has 0 saturated carbocycles. The zero-order valence-corrected chi connectivity index (χ0v) is 13.6. The van der Waals surface area contributed by atoms with Crippen molar-refractivity contribution in [1.29, 1.82) is 0 Å². The lowest BCUT2D eigenvalue weighted by Gasteiger charge is -2.29. The van der Waals surface area contributed by atoms with Crippen molar-refractivity contribution >= 4 is 9.84 Å². The summed E-state index contributed by atoms with van der Waals surface area (Å²) < 4.78 is 23.5. The van der Waals surface area contributed by atoms with Crippen molar-refractivity contribution in [2.24, 2.45) is 0 Å². The van der Waals surface area contributed by atoms with Crippen LogP contribution in [-0.2, 0) is 9.84 Å². The van der Waals surface area contributed by atoms with Gasteiger partial charge in [0.2, 0.25) is 0 Å². The fourth-order valence-corrected chi connectivity index (χ4v) is 6.12. The normalized spacial score (nSPS) is 34.0. The molecule has 0 spiro atoms. The Morgan fingerprint density at radius 1 is 1.33 bits per heavy atom. The third-order valence-electron chi connectivity index (χ3n) is 4.94. The monoisotopic (exact) mass is 309 g/mol. The molecule has 3 unspecified atom stereocenters. The zero-order valence-electron chi connectivity index (χ0n) is 12.8. The van der Waals surface area contributed by atoms with Crippen molar-refractivity contribution in [2.75, 3.05) is 11.5 Å². The molecule has 2 aliphatic rings. The Morgan fingerprint density at radius 2 is 2.05 bits per heavy atom.